The molecule has 2 heterocycles. The van der Waals surface area contributed by atoms with Crippen LogP contribution in [0.2, 0.25) is 0 Å². The standard InChI is InChI=1S/C26H27N5O3S/c1-19-5-9-22(10-6-19)33-15-4-16-34-23-11-7-20(8-12-23)17-21(18-27)24(32)28-25-29-30-26(35-25)31-13-2-3-14-31/h5-12,17H,2-4,13-16H2,1H3,(H,28,29,32)/b21-17-. The molecule has 8 nitrogen and oxygen atoms in total. The molecule has 1 aromatic heterocycles. The Hall–Kier alpha value is -3.90. The van der Waals surface area contributed by atoms with Gasteiger partial charge in [0.2, 0.25) is 10.3 Å². The second kappa shape index (κ2) is 12.0. The van der Waals surface area contributed by atoms with Gasteiger partial charge in [0.25, 0.3) is 5.91 Å². The zero-order valence-corrected chi connectivity index (χ0v) is 20.4. The normalized spacial score (nSPS) is 13.4. The lowest BCUT2D eigenvalue weighted by Crippen LogP contribution is -2.17. The minimum Gasteiger partial charge on any atom is -0.493 e. The smallest absolute Gasteiger partial charge is 0.268 e. The van der Waals surface area contributed by atoms with Crippen molar-refractivity contribution in [2.75, 3.05) is 36.5 Å². The highest BCUT2D eigenvalue weighted by molar-refractivity contribution is 7.19. The Kier molecular flexibility index (Phi) is 8.30. The highest BCUT2D eigenvalue weighted by atomic mass is 32.1. The van der Waals surface area contributed by atoms with Crippen LogP contribution in [-0.2, 0) is 4.79 Å². The van der Waals surface area contributed by atoms with Crippen molar-refractivity contribution in [3.05, 3.63) is 65.2 Å². The van der Waals surface area contributed by atoms with Crippen LogP contribution in [0.3, 0.4) is 0 Å². The maximum Gasteiger partial charge on any atom is 0.268 e. The Morgan fingerprint density at radius 2 is 1.69 bits per heavy atom. The van der Waals surface area contributed by atoms with E-state index in [1.165, 1.54) is 23.0 Å². The number of amides is 1. The lowest BCUT2D eigenvalue weighted by Gasteiger charge is -2.10. The fraction of sp³-hybridized carbons (Fsp3) is 0.308. The van der Waals surface area contributed by atoms with Gasteiger partial charge >= 0.3 is 0 Å². The lowest BCUT2D eigenvalue weighted by atomic mass is 10.1. The second-order valence-electron chi connectivity index (χ2n) is 8.14. The number of hydrogen-bond donors (Lipinski definition) is 1. The second-order valence-corrected chi connectivity index (χ2v) is 9.10. The van der Waals surface area contributed by atoms with Gasteiger partial charge in [0.05, 0.1) is 13.2 Å². The van der Waals surface area contributed by atoms with Gasteiger partial charge in [0, 0.05) is 19.5 Å². The summed E-state index contributed by atoms with van der Waals surface area (Å²) >= 11 is 1.31. The summed E-state index contributed by atoms with van der Waals surface area (Å²) in [5, 5.41) is 21.5. The summed E-state index contributed by atoms with van der Waals surface area (Å²) in [4.78, 5) is 14.7. The molecule has 9 heteroatoms. The molecule has 1 aliphatic heterocycles. The zero-order valence-electron chi connectivity index (χ0n) is 19.6. The van der Waals surface area contributed by atoms with E-state index >= 15 is 0 Å². The maximum atomic E-state index is 12.6. The number of hydrogen-bond acceptors (Lipinski definition) is 8. The van der Waals surface area contributed by atoms with E-state index in [2.05, 4.69) is 20.4 Å². The summed E-state index contributed by atoms with van der Waals surface area (Å²) in [5.74, 6) is 1.05. The number of nitrogens with one attached hydrogen (secondary N) is 1. The van der Waals surface area contributed by atoms with Gasteiger partial charge in [-0.25, -0.2) is 0 Å². The molecule has 1 fully saturated rings. The maximum absolute atomic E-state index is 12.6. The number of rotatable bonds is 10. The van der Waals surface area contributed by atoms with E-state index in [1.54, 1.807) is 12.1 Å². The average Bonchev–Trinajstić information content (AvgIpc) is 3.56. The molecule has 1 N–H and O–H groups in total. The number of nitriles is 1. The molecule has 35 heavy (non-hydrogen) atoms. The van der Waals surface area contributed by atoms with Crippen molar-refractivity contribution in [1.82, 2.24) is 10.2 Å². The average molecular weight is 490 g/mol. The monoisotopic (exact) mass is 489 g/mol. The van der Waals surface area contributed by atoms with Crippen molar-refractivity contribution in [3.8, 4) is 17.6 Å². The quantitative estimate of drug-likeness (QED) is 0.247. The molecule has 0 unspecified atom stereocenters. The van der Waals surface area contributed by atoms with E-state index in [1.807, 2.05) is 49.4 Å². The molecule has 1 amide bonds. The van der Waals surface area contributed by atoms with E-state index in [4.69, 9.17) is 9.47 Å². The summed E-state index contributed by atoms with van der Waals surface area (Å²) < 4.78 is 11.5. The summed E-state index contributed by atoms with van der Waals surface area (Å²) in [5.41, 5.74) is 1.91. The molecular formula is C26H27N5O3S. The zero-order chi connectivity index (χ0) is 24.5. The molecule has 0 saturated carbocycles. The molecule has 0 aliphatic carbocycles. The highest BCUT2D eigenvalue weighted by Crippen LogP contribution is 2.27. The van der Waals surface area contributed by atoms with E-state index in [0.29, 0.717) is 24.1 Å². The Balaban J connectivity index is 1.24. The van der Waals surface area contributed by atoms with Crippen molar-refractivity contribution in [1.29, 1.82) is 5.26 Å². The van der Waals surface area contributed by atoms with Gasteiger partial charge < -0.3 is 14.4 Å². The van der Waals surface area contributed by atoms with Crippen LogP contribution in [0.4, 0.5) is 10.3 Å². The van der Waals surface area contributed by atoms with E-state index in [-0.39, 0.29) is 5.57 Å². The van der Waals surface area contributed by atoms with Crippen LogP contribution >= 0.6 is 11.3 Å². The van der Waals surface area contributed by atoms with Crippen molar-refractivity contribution in [2.24, 2.45) is 0 Å². The first-order valence-electron chi connectivity index (χ1n) is 11.5. The highest BCUT2D eigenvalue weighted by Gasteiger charge is 2.18. The first-order chi connectivity index (χ1) is 17.1. The Bertz CT molecular complexity index is 1190. The van der Waals surface area contributed by atoms with Crippen LogP contribution in [0.15, 0.2) is 54.1 Å². The minimum atomic E-state index is -0.509. The molecule has 1 aliphatic rings. The number of anilines is 2. The van der Waals surface area contributed by atoms with Crippen LogP contribution in [0, 0.1) is 18.3 Å². The fourth-order valence-electron chi connectivity index (χ4n) is 3.52. The van der Waals surface area contributed by atoms with Crippen molar-refractivity contribution >= 4 is 33.6 Å². The van der Waals surface area contributed by atoms with Crippen LogP contribution in [0.1, 0.15) is 30.4 Å². The van der Waals surface area contributed by atoms with Gasteiger partial charge in [0.1, 0.15) is 23.1 Å². The predicted molar refractivity (Wildman–Crippen MR) is 137 cm³/mol. The van der Waals surface area contributed by atoms with Gasteiger partial charge in [-0.15, -0.1) is 10.2 Å². The fourth-order valence-corrected chi connectivity index (χ4v) is 4.31. The van der Waals surface area contributed by atoms with E-state index < -0.39 is 5.91 Å². The van der Waals surface area contributed by atoms with Gasteiger partial charge in [-0.1, -0.05) is 41.2 Å². The Morgan fingerprint density at radius 3 is 2.31 bits per heavy atom. The third kappa shape index (κ3) is 7.04. The summed E-state index contributed by atoms with van der Waals surface area (Å²) in [6.07, 6.45) is 4.56. The van der Waals surface area contributed by atoms with Crippen LogP contribution in [0.25, 0.3) is 6.08 Å². The van der Waals surface area contributed by atoms with Crippen LogP contribution in [0.5, 0.6) is 11.5 Å². The molecular weight excluding hydrogens is 462 g/mol. The molecule has 0 radical (unpaired) electrons. The molecule has 3 aromatic rings. The van der Waals surface area contributed by atoms with Gasteiger partial charge in [-0.05, 0) is 55.7 Å². The minimum absolute atomic E-state index is 0.00940. The van der Waals surface area contributed by atoms with E-state index in [9.17, 15) is 10.1 Å². The summed E-state index contributed by atoms with van der Waals surface area (Å²) in [7, 11) is 0. The van der Waals surface area contributed by atoms with Crippen LogP contribution < -0.4 is 19.7 Å². The third-order valence-corrected chi connectivity index (χ3v) is 6.31. The number of ether oxygens (including phenoxy) is 2. The summed E-state index contributed by atoms with van der Waals surface area (Å²) in [6.45, 7) is 5.03. The number of carbonyl (C=O) groups excluding carboxylic acids is 1. The number of carbonyl (C=O) groups is 1. The molecule has 2 aromatic carbocycles. The Labute approximate surface area is 208 Å². The van der Waals surface area contributed by atoms with E-state index in [0.717, 1.165) is 48.8 Å². The molecule has 0 bridgehead atoms. The van der Waals surface area contributed by atoms with Gasteiger partial charge in [-0.3, -0.25) is 10.1 Å². The largest absolute Gasteiger partial charge is 0.493 e. The van der Waals surface area contributed by atoms with Crippen molar-refractivity contribution in [2.45, 2.75) is 26.2 Å². The van der Waals surface area contributed by atoms with Crippen molar-refractivity contribution in [3.63, 3.8) is 0 Å². The number of benzene rings is 2. The predicted octanol–water partition coefficient (Wildman–Crippen LogP) is 4.84. The number of aryl methyl sites for hydroxylation is 1. The van der Waals surface area contributed by atoms with Crippen LogP contribution in [-0.4, -0.2) is 42.4 Å². The first kappa shape index (κ1) is 24.2. The van der Waals surface area contributed by atoms with Crippen molar-refractivity contribution < 1.29 is 14.3 Å². The molecule has 4 rings (SSSR count). The van der Waals surface area contributed by atoms with Gasteiger partial charge in [-0.2, -0.15) is 5.26 Å². The molecule has 0 atom stereocenters. The first-order valence-corrected chi connectivity index (χ1v) is 12.4. The molecule has 1 saturated heterocycles. The molecule has 180 valence electrons. The number of nitrogens with zero attached hydrogens (tertiary/aromatic N) is 4. The number of aromatic nitrogens is 2. The molecule has 0 spiro atoms. The lowest BCUT2D eigenvalue weighted by molar-refractivity contribution is -0.112. The topological polar surface area (TPSA) is 100 Å². The Morgan fingerprint density at radius 1 is 1.06 bits per heavy atom. The summed E-state index contributed by atoms with van der Waals surface area (Å²) in [6, 6.07) is 17.1. The SMILES string of the molecule is Cc1ccc(OCCCOc2ccc(/C=C(/C#N)C(=O)Nc3nnc(N4CCCC4)s3)cc2)cc1. The third-order valence-electron chi connectivity index (χ3n) is 5.41. The van der Waals surface area contributed by atoms with Gasteiger partial charge in [0.15, 0.2) is 0 Å².